The van der Waals surface area contributed by atoms with Crippen LogP contribution >= 0.6 is 0 Å². The summed E-state index contributed by atoms with van der Waals surface area (Å²) in [4.78, 5) is 18.7. The highest BCUT2D eigenvalue weighted by Crippen LogP contribution is 2.37. The molecule has 0 aliphatic carbocycles. The number of halogens is 2. The fourth-order valence-electron chi connectivity index (χ4n) is 4.52. The third kappa shape index (κ3) is 4.65. The van der Waals surface area contributed by atoms with Crippen molar-refractivity contribution in [3.8, 4) is 17.4 Å². The quantitative estimate of drug-likeness (QED) is 0.345. The van der Waals surface area contributed by atoms with Crippen molar-refractivity contribution in [2.24, 2.45) is 0 Å². The molecule has 1 aliphatic rings. The maximum absolute atomic E-state index is 14.7. The molecule has 0 amide bonds. The Labute approximate surface area is 216 Å². The zero-order chi connectivity index (χ0) is 26.3. The average Bonchev–Trinajstić information content (AvgIpc) is 3.35. The molecule has 1 N–H and O–H groups in total. The van der Waals surface area contributed by atoms with E-state index in [1.54, 1.807) is 40.7 Å². The van der Waals surface area contributed by atoms with E-state index in [1.165, 1.54) is 19.0 Å². The van der Waals surface area contributed by atoms with Gasteiger partial charge in [-0.05, 0) is 49.9 Å². The zero-order valence-corrected chi connectivity index (χ0v) is 20.7. The van der Waals surface area contributed by atoms with Crippen molar-refractivity contribution in [1.29, 1.82) is 0 Å². The summed E-state index contributed by atoms with van der Waals surface area (Å²) in [6.45, 7) is 2.09. The number of likely N-dealkylation sites (tertiary alicyclic amines) is 1. The number of piperidine rings is 1. The van der Waals surface area contributed by atoms with E-state index in [1.807, 2.05) is 25.1 Å². The molecule has 38 heavy (non-hydrogen) atoms. The van der Waals surface area contributed by atoms with E-state index < -0.39 is 12.0 Å². The number of anilines is 2. The van der Waals surface area contributed by atoms with Crippen LogP contribution in [0, 0.1) is 6.92 Å². The van der Waals surface area contributed by atoms with Gasteiger partial charge < -0.3 is 19.7 Å². The van der Waals surface area contributed by atoms with Gasteiger partial charge in [-0.25, -0.2) is 33.2 Å². The molecule has 194 valence electrons. The first kappa shape index (κ1) is 23.9. The molecule has 12 heteroatoms. The van der Waals surface area contributed by atoms with Crippen LogP contribution in [0.5, 0.6) is 17.4 Å². The van der Waals surface area contributed by atoms with E-state index in [0.29, 0.717) is 46.3 Å². The van der Waals surface area contributed by atoms with Crippen LogP contribution < -0.4 is 14.8 Å². The number of nitrogens with zero attached hydrogens (tertiary/aromatic N) is 7. The van der Waals surface area contributed by atoms with E-state index >= 15 is 0 Å². The summed E-state index contributed by atoms with van der Waals surface area (Å²) in [5, 5.41) is 7.85. The number of aromatic nitrogens is 6. The Kier molecular flexibility index (Phi) is 5.95. The van der Waals surface area contributed by atoms with Crippen molar-refractivity contribution in [3.63, 3.8) is 0 Å². The number of nitrogens with one attached hydrogen (secondary N) is 1. The molecule has 0 bridgehead atoms. The van der Waals surface area contributed by atoms with Gasteiger partial charge >= 0.3 is 0 Å². The summed E-state index contributed by atoms with van der Waals surface area (Å²) in [5.74, 6) is -1.20. The van der Waals surface area contributed by atoms with Crippen LogP contribution in [0.25, 0.3) is 16.6 Å². The van der Waals surface area contributed by atoms with Crippen molar-refractivity contribution >= 4 is 28.1 Å². The van der Waals surface area contributed by atoms with Gasteiger partial charge in [-0.3, -0.25) is 0 Å². The predicted octanol–water partition coefficient (Wildman–Crippen LogP) is 4.63. The fourth-order valence-corrected chi connectivity index (χ4v) is 4.52. The van der Waals surface area contributed by atoms with Crippen molar-refractivity contribution in [2.75, 3.05) is 25.5 Å². The number of benzene rings is 2. The maximum atomic E-state index is 14.7. The van der Waals surface area contributed by atoms with Crippen LogP contribution in [-0.2, 0) is 0 Å². The van der Waals surface area contributed by atoms with E-state index in [-0.39, 0.29) is 13.0 Å². The van der Waals surface area contributed by atoms with Crippen molar-refractivity contribution in [2.45, 2.75) is 25.4 Å². The van der Waals surface area contributed by atoms with E-state index in [4.69, 9.17) is 9.47 Å². The number of ether oxygens (including phenoxy) is 2. The minimum atomic E-state index is -2.97. The van der Waals surface area contributed by atoms with Gasteiger partial charge in [0.05, 0.1) is 17.4 Å². The molecule has 2 aromatic carbocycles. The lowest BCUT2D eigenvalue weighted by Gasteiger charge is -2.36. The van der Waals surface area contributed by atoms with Gasteiger partial charge in [0, 0.05) is 24.7 Å². The van der Waals surface area contributed by atoms with Gasteiger partial charge in [0.1, 0.15) is 36.3 Å². The van der Waals surface area contributed by atoms with Gasteiger partial charge in [0.25, 0.3) is 5.92 Å². The largest absolute Gasteiger partial charge is 0.483 e. The summed E-state index contributed by atoms with van der Waals surface area (Å²) in [6, 6.07) is 12.4. The zero-order valence-electron chi connectivity index (χ0n) is 20.7. The van der Waals surface area contributed by atoms with Crippen LogP contribution in [0.2, 0.25) is 0 Å². The first-order valence-electron chi connectivity index (χ1n) is 12.0. The van der Waals surface area contributed by atoms with Gasteiger partial charge in [-0.15, -0.1) is 0 Å². The summed E-state index contributed by atoms with van der Waals surface area (Å²) in [6.07, 6.45) is 3.38. The van der Waals surface area contributed by atoms with Gasteiger partial charge in [0.15, 0.2) is 11.8 Å². The molecular weight excluding hydrogens is 494 g/mol. The molecule has 3 aromatic heterocycles. The minimum absolute atomic E-state index is 0.218. The highest BCUT2D eigenvalue weighted by atomic mass is 19.3. The molecule has 0 unspecified atom stereocenters. The number of fused-ring (bicyclic) bond motifs is 2. The van der Waals surface area contributed by atoms with Crippen molar-refractivity contribution < 1.29 is 18.3 Å². The number of rotatable bonds is 6. The summed E-state index contributed by atoms with van der Waals surface area (Å²) < 4.78 is 42.8. The molecule has 1 aliphatic heterocycles. The Balaban J connectivity index is 1.26. The average molecular weight is 519 g/mol. The monoisotopic (exact) mass is 518 g/mol. The van der Waals surface area contributed by atoms with Gasteiger partial charge in [0.2, 0.25) is 5.88 Å². The minimum Gasteiger partial charge on any atom is -0.483 e. The van der Waals surface area contributed by atoms with E-state index in [0.717, 1.165) is 11.3 Å². The first-order chi connectivity index (χ1) is 18.4. The molecule has 0 radical (unpaired) electrons. The topological polar surface area (TPSA) is 103 Å². The second kappa shape index (κ2) is 9.45. The third-order valence-electron chi connectivity index (χ3n) is 6.42. The molecule has 10 nitrogen and oxygen atoms in total. The van der Waals surface area contributed by atoms with Crippen LogP contribution in [0.15, 0.2) is 61.4 Å². The molecule has 5 aromatic rings. The lowest BCUT2D eigenvalue weighted by Crippen LogP contribution is -2.52. The fraction of sp³-hybridized carbons (Fsp3) is 0.269. The number of alkyl halides is 2. The second-order valence-corrected chi connectivity index (χ2v) is 9.26. The molecule has 1 saturated heterocycles. The Morgan fingerprint density at radius 2 is 1.92 bits per heavy atom. The molecule has 0 spiro atoms. The second-order valence-electron chi connectivity index (χ2n) is 9.26. The predicted molar refractivity (Wildman–Crippen MR) is 136 cm³/mol. The lowest BCUT2D eigenvalue weighted by atomic mass is 10.0. The van der Waals surface area contributed by atoms with Gasteiger partial charge in [-0.1, -0.05) is 6.07 Å². The van der Waals surface area contributed by atoms with Gasteiger partial charge in [-0.2, -0.15) is 5.10 Å². The number of aryl methyl sites for hydroxylation is 1. The summed E-state index contributed by atoms with van der Waals surface area (Å²) in [5.41, 5.74) is 2.79. The van der Waals surface area contributed by atoms with Crippen LogP contribution in [-0.4, -0.2) is 66.6 Å². The van der Waals surface area contributed by atoms with Crippen LogP contribution in [0.3, 0.4) is 0 Å². The Bertz CT molecular complexity index is 1620. The molecule has 1 fully saturated rings. The highest BCUT2D eigenvalue weighted by Gasteiger charge is 2.45. The summed E-state index contributed by atoms with van der Waals surface area (Å²) in [7, 11) is 1.68. The van der Waals surface area contributed by atoms with E-state index in [2.05, 4.69) is 30.4 Å². The molecule has 6 rings (SSSR count). The molecule has 1 atom stereocenters. The highest BCUT2D eigenvalue weighted by molar-refractivity contribution is 5.95. The Hall–Kier alpha value is -4.45. The number of hydrogen-bond donors (Lipinski definition) is 1. The molecular formula is C26H24F2N8O2. The lowest BCUT2D eigenvalue weighted by molar-refractivity contribution is -0.134. The molecule has 0 saturated carbocycles. The van der Waals surface area contributed by atoms with E-state index in [9.17, 15) is 8.78 Å². The SMILES string of the molecule is Cc1cc(Nc2ncnc3cccc(O[C@@H]4CCN(C)CC4(F)F)c23)ccc1Oc1cc2ncnn2cn1. The smallest absolute Gasteiger partial charge is 0.296 e. The standard InChI is InChI=1S/C26H24F2N8O2/c1-16-10-17(6-7-19(16)38-23-11-22-30-14-33-36(22)15-32-23)34-25-24-18(29-13-31-25)4-3-5-20(24)37-21-8-9-35(2)12-26(21,27)28/h3-7,10-11,13-15,21H,8-9,12H2,1-2H3,(H,29,31,34)/t21-/m1/s1. The van der Waals surface area contributed by atoms with Crippen LogP contribution in [0.4, 0.5) is 20.3 Å². The Morgan fingerprint density at radius 3 is 2.76 bits per heavy atom. The normalized spacial score (nSPS) is 17.5. The first-order valence-corrected chi connectivity index (χ1v) is 12.0. The number of hydrogen-bond acceptors (Lipinski definition) is 9. The molecule has 4 heterocycles. The summed E-state index contributed by atoms with van der Waals surface area (Å²) >= 11 is 0. The van der Waals surface area contributed by atoms with Crippen molar-refractivity contribution in [3.05, 3.63) is 67.0 Å². The van der Waals surface area contributed by atoms with Crippen molar-refractivity contribution in [1.82, 2.24) is 34.4 Å². The van der Waals surface area contributed by atoms with Crippen LogP contribution in [0.1, 0.15) is 12.0 Å². The Morgan fingerprint density at radius 1 is 1.03 bits per heavy atom. The third-order valence-corrected chi connectivity index (χ3v) is 6.42. The maximum Gasteiger partial charge on any atom is 0.296 e.